The Kier molecular flexibility index (Phi) is 5.39. The van der Waals surface area contributed by atoms with Crippen LogP contribution in [0.2, 0.25) is 0 Å². The lowest BCUT2D eigenvalue weighted by molar-refractivity contribution is 0.102. The van der Waals surface area contributed by atoms with Gasteiger partial charge >= 0.3 is 0 Å². The van der Waals surface area contributed by atoms with Crippen LogP contribution in [0.5, 0.6) is 0 Å². The van der Waals surface area contributed by atoms with Crippen molar-refractivity contribution in [3.05, 3.63) is 65.6 Å². The molecule has 0 aliphatic rings. The predicted octanol–water partition coefficient (Wildman–Crippen LogP) is 4.95. The fraction of sp³-hybridized carbons (Fsp3) is 0.154. The Labute approximate surface area is 210 Å². The highest BCUT2D eigenvalue weighted by Crippen LogP contribution is 2.34. The van der Waals surface area contributed by atoms with Crippen LogP contribution in [0.15, 0.2) is 55.1 Å². The number of Topliss-reactive ketones (excluding diaryl/α,β-unsaturated/α-hetero) is 1. The lowest BCUT2D eigenvalue weighted by Gasteiger charge is -2.10. The average Bonchev–Trinajstić information content (AvgIpc) is 3.60. The summed E-state index contributed by atoms with van der Waals surface area (Å²) < 4.78 is 0. The second-order valence-electron chi connectivity index (χ2n) is 8.87. The molecule has 0 saturated carbocycles. The summed E-state index contributed by atoms with van der Waals surface area (Å²) in [5.74, 6) is 0.680. The molecule has 0 aliphatic heterocycles. The van der Waals surface area contributed by atoms with Gasteiger partial charge in [-0.2, -0.15) is 5.10 Å². The molecule has 0 saturated heterocycles. The van der Waals surface area contributed by atoms with E-state index in [1.54, 1.807) is 13.1 Å². The van der Waals surface area contributed by atoms with Crippen molar-refractivity contribution in [2.24, 2.45) is 0 Å². The molecule has 6 rings (SSSR count). The molecule has 6 heterocycles. The second kappa shape index (κ2) is 8.74. The smallest absolute Gasteiger partial charge is 0.181 e. The predicted molar refractivity (Wildman–Crippen MR) is 141 cm³/mol. The van der Waals surface area contributed by atoms with E-state index in [2.05, 4.69) is 47.2 Å². The number of hydrogen-bond acceptors (Lipinski definition) is 8. The van der Waals surface area contributed by atoms with E-state index in [0.29, 0.717) is 16.3 Å². The summed E-state index contributed by atoms with van der Waals surface area (Å²) in [6.45, 7) is 2.37. The number of aromatic amines is 2. The normalized spacial score (nSPS) is 11.7. The summed E-state index contributed by atoms with van der Waals surface area (Å²) >= 11 is 1.42. The third kappa shape index (κ3) is 3.96. The van der Waals surface area contributed by atoms with Crippen LogP contribution in [0.25, 0.3) is 55.3 Å². The molecule has 6 aromatic rings. The van der Waals surface area contributed by atoms with E-state index in [1.165, 1.54) is 11.3 Å². The van der Waals surface area contributed by atoms with Gasteiger partial charge in [-0.05, 0) is 56.9 Å². The summed E-state index contributed by atoms with van der Waals surface area (Å²) in [4.78, 5) is 37.3. The molecule has 0 radical (unpaired) electrons. The topological polar surface area (TPSA) is 116 Å². The monoisotopic (exact) mass is 494 g/mol. The number of aromatic nitrogens is 7. The molecule has 0 spiro atoms. The van der Waals surface area contributed by atoms with Crippen molar-refractivity contribution in [2.45, 2.75) is 13.5 Å². The maximum absolute atomic E-state index is 11.8. The summed E-state index contributed by atoms with van der Waals surface area (Å²) in [7, 11) is 4.07. The van der Waals surface area contributed by atoms with Crippen LogP contribution in [-0.2, 0) is 6.54 Å². The van der Waals surface area contributed by atoms with Gasteiger partial charge in [0.25, 0.3) is 0 Å². The molecule has 0 unspecified atom stereocenters. The highest BCUT2D eigenvalue weighted by atomic mass is 32.1. The Bertz CT molecular complexity index is 1750. The Hall–Kier alpha value is -4.28. The van der Waals surface area contributed by atoms with Crippen molar-refractivity contribution in [3.8, 4) is 33.2 Å². The number of nitrogens with zero attached hydrogens (tertiary/aromatic N) is 6. The minimum absolute atomic E-state index is 0.0378. The fourth-order valence-electron chi connectivity index (χ4n) is 4.22. The fourth-order valence-corrected chi connectivity index (χ4v) is 5.12. The number of pyridine rings is 3. The lowest BCUT2D eigenvalue weighted by atomic mass is 10.1. The van der Waals surface area contributed by atoms with Gasteiger partial charge in [-0.25, -0.2) is 9.97 Å². The number of fused-ring (bicyclic) bond motifs is 2. The Morgan fingerprint density at radius 3 is 2.72 bits per heavy atom. The molecule has 6 aromatic heterocycles. The molecule has 0 fully saturated rings. The lowest BCUT2D eigenvalue weighted by Crippen LogP contribution is -2.10. The van der Waals surface area contributed by atoms with Crippen LogP contribution in [0, 0.1) is 0 Å². The van der Waals surface area contributed by atoms with Gasteiger partial charge in [-0.1, -0.05) is 0 Å². The van der Waals surface area contributed by atoms with E-state index in [1.807, 2.05) is 50.9 Å². The molecule has 0 atom stereocenters. The molecule has 2 N–H and O–H groups in total. The van der Waals surface area contributed by atoms with Gasteiger partial charge in [0.05, 0.1) is 20.7 Å². The number of ketones is 1. The molecule has 178 valence electrons. The molecule has 0 aliphatic carbocycles. The van der Waals surface area contributed by atoms with Gasteiger partial charge in [0.1, 0.15) is 16.9 Å². The third-order valence-corrected chi connectivity index (χ3v) is 7.05. The number of carbonyl (C=O) groups is 1. The molecule has 9 nitrogen and oxygen atoms in total. The Morgan fingerprint density at radius 2 is 1.92 bits per heavy atom. The quantitative estimate of drug-likeness (QED) is 0.315. The van der Waals surface area contributed by atoms with Gasteiger partial charge < -0.3 is 9.88 Å². The van der Waals surface area contributed by atoms with Crippen LogP contribution < -0.4 is 0 Å². The third-order valence-electron chi connectivity index (χ3n) is 5.86. The molecule has 0 amide bonds. The summed E-state index contributed by atoms with van der Waals surface area (Å²) in [5.41, 5.74) is 6.74. The highest BCUT2D eigenvalue weighted by molar-refractivity contribution is 7.17. The zero-order valence-electron chi connectivity index (χ0n) is 19.9. The number of rotatable bonds is 6. The van der Waals surface area contributed by atoms with E-state index in [9.17, 15) is 4.79 Å². The first-order chi connectivity index (χ1) is 17.5. The molecule has 0 aromatic carbocycles. The SMILES string of the molecule is CC(=O)c1ccc(-c2nccc3[nH]c(-c4[nH]nc5ncc(-c6cncc(CN(C)C)c6)cc45)nc23)s1. The molecular formula is C26H22N8OS. The number of nitrogens with one attached hydrogen (secondary N) is 2. The molecular weight excluding hydrogens is 472 g/mol. The van der Waals surface area contributed by atoms with Crippen LogP contribution in [0.3, 0.4) is 0 Å². The Morgan fingerprint density at radius 1 is 1.06 bits per heavy atom. The Balaban J connectivity index is 1.43. The highest BCUT2D eigenvalue weighted by Gasteiger charge is 2.18. The summed E-state index contributed by atoms with van der Waals surface area (Å²) in [5, 5.41) is 8.34. The van der Waals surface area contributed by atoms with Crippen LogP contribution in [0.4, 0.5) is 0 Å². The minimum atomic E-state index is 0.0378. The molecule has 10 heteroatoms. The van der Waals surface area contributed by atoms with Crippen molar-refractivity contribution in [1.29, 1.82) is 0 Å². The average molecular weight is 495 g/mol. The minimum Gasteiger partial charge on any atom is -0.337 e. The van der Waals surface area contributed by atoms with Gasteiger partial charge in [0, 0.05) is 42.5 Å². The van der Waals surface area contributed by atoms with Crippen molar-refractivity contribution in [3.63, 3.8) is 0 Å². The maximum Gasteiger partial charge on any atom is 0.181 e. The number of thiophene rings is 1. The number of hydrogen-bond donors (Lipinski definition) is 2. The number of imidazole rings is 1. The van der Waals surface area contributed by atoms with E-state index in [4.69, 9.17) is 4.98 Å². The van der Waals surface area contributed by atoms with Gasteiger partial charge in [-0.3, -0.25) is 19.9 Å². The van der Waals surface area contributed by atoms with Crippen molar-refractivity contribution >= 4 is 39.2 Å². The summed E-state index contributed by atoms with van der Waals surface area (Å²) in [6, 6.07) is 9.82. The standard InChI is InChI=1S/C26H22N8OS/c1-14(35)20-4-5-21(36-20)24-23-19(6-7-28-24)30-26(31-23)22-18-9-17(12-29-25(18)33-32-22)16-8-15(10-27-11-16)13-34(2)3/h4-12H,13H2,1-3H3,(H,30,31)(H,29,32,33). The first kappa shape index (κ1) is 22.2. The van der Waals surface area contributed by atoms with Crippen molar-refractivity contribution in [2.75, 3.05) is 14.1 Å². The largest absolute Gasteiger partial charge is 0.337 e. The molecule has 36 heavy (non-hydrogen) atoms. The van der Waals surface area contributed by atoms with E-state index < -0.39 is 0 Å². The second-order valence-corrected chi connectivity index (χ2v) is 9.96. The van der Waals surface area contributed by atoms with E-state index >= 15 is 0 Å². The van der Waals surface area contributed by atoms with Gasteiger partial charge in [-0.15, -0.1) is 11.3 Å². The number of H-pyrrole nitrogens is 2. The van der Waals surface area contributed by atoms with E-state index in [-0.39, 0.29) is 5.78 Å². The van der Waals surface area contributed by atoms with E-state index in [0.717, 1.165) is 55.9 Å². The van der Waals surface area contributed by atoms with Crippen molar-refractivity contribution in [1.82, 2.24) is 40.0 Å². The zero-order chi connectivity index (χ0) is 24.8. The van der Waals surface area contributed by atoms with Crippen LogP contribution in [-0.4, -0.2) is 59.9 Å². The van der Waals surface area contributed by atoms with Gasteiger partial charge in [0.15, 0.2) is 17.3 Å². The van der Waals surface area contributed by atoms with Crippen LogP contribution >= 0.6 is 11.3 Å². The van der Waals surface area contributed by atoms with Crippen LogP contribution in [0.1, 0.15) is 22.2 Å². The van der Waals surface area contributed by atoms with Gasteiger partial charge in [0.2, 0.25) is 0 Å². The first-order valence-electron chi connectivity index (χ1n) is 11.4. The first-order valence-corrected chi connectivity index (χ1v) is 12.2. The van der Waals surface area contributed by atoms with Crippen molar-refractivity contribution < 1.29 is 4.79 Å². The molecule has 0 bridgehead atoms. The summed E-state index contributed by atoms with van der Waals surface area (Å²) in [6.07, 6.45) is 7.28. The maximum atomic E-state index is 11.8. The number of carbonyl (C=O) groups excluding carboxylic acids is 1. The zero-order valence-corrected chi connectivity index (χ0v) is 20.7.